The van der Waals surface area contributed by atoms with Crippen molar-refractivity contribution in [3.63, 3.8) is 0 Å². The van der Waals surface area contributed by atoms with Crippen LogP contribution in [0.5, 0.6) is 0 Å². The molecule has 3 aromatic rings. The van der Waals surface area contributed by atoms with Crippen LogP contribution in [0.25, 0.3) is 0 Å². The molecule has 1 heterocycles. The number of hydrogen-bond donors (Lipinski definition) is 0. The van der Waals surface area contributed by atoms with Gasteiger partial charge in [0.15, 0.2) is 0 Å². The lowest BCUT2D eigenvalue weighted by molar-refractivity contribution is -0.0811. The van der Waals surface area contributed by atoms with Crippen LogP contribution in [0.3, 0.4) is 0 Å². The summed E-state index contributed by atoms with van der Waals surface area (Å²) in [6.07, 6.45) is 4.95. The van der Waals surface area contributed by atoms with Gasteiger partial charge >= 0.3 is 0 Å². The molecule has 0 atom stereocenters. The number of hydroxylamine groups is 2. The molecule has 186 valence electrons. The third-order valence-electron chi connectivity index (χ3n) is 7.39. The fraction of sp³-hybridized carbons (Fsp3) is 0.419. The lowest BCUT2D eigenvalue weighted by Gasteiger charge is -2.59. The van der Waals surface area contributed by atoms with Gasteiger partial charge in [-0.05, 0) is 89.8 Å². The standard InChI is InChI=1S/C31H40NO2P/c1-30(2)24-26(25-31(3,4)32(30)33)34-22-14-15-23-35(27-16-8-5-9-17-27,28-18-10-6-11-19-28)29-20-12-7-13-21-29/h5-13,16-21,26H,14-15,22-25H2,1-4H3. The third-order valence-corrected chi connectivity index (χ3v) is 11.9. The summed E-state index contributed by atoms with van der Waals surface area (Å²) in [5.74, 6) is 0. The molecule has 0 aliphatic carbocycles. The van der Waals surface area contributed by atoms with E-state index in [1.165, 1.54) is 21.0 Å². The normalized spacial score (nSPS) is 18.4. The summed E-state index contributed by atoms with van der Waals surface area (Å²) in [5, 5.41) is 18.3. The minimum Gasteiger partial charge on any atom is -0.784 e. The molecule has 0 saturated carbocycles. The maximum atomic E-state index is 12.7. The Bertz CT molecular complexity index is 938. The van der Waals surface area contributed by atoms with Crippen LogP contribution >= 0.6 is 7.26 Å². The van der Waals surface area contributed by atoms with Crippen LogP contribution in [0.2, 0.25) is 0 Å². The highest BCUT2D eigenvalue weighted by Crippen LogP contribution is 2.55. The van der Waals surface area contributed by atoms with Crippen molar-refractivity contribution in [2.45, 2.75) is 70.6 Å². The van der Waals surface area contributed by atoms with Crippen LogP contribution in [-0.4, -0.2) is 35.0 Å². The van der Waals surface area contributed by atoms with Crippen molar-refractivity contribution in [2.75, 3.05) is 12.8 Å². The Hall–Kier alpha value is -2.03. The molecule has 0 spiro atoms. The van der Waals surface area contributed by atoms with Crippen LogP contribution in [0, 0.1) is 5.21 Å². The van der Waals surface area contributed by atoms with Crippen molar-refractivity contribution in [2.24, 2.45) is 0 Å². The Labute approximate surface area is 212 Å². The van der Waals surface area contributed by atoms with Gasteiger partial charge in [0.05, 0.1) is 12.3 Å². The van der Waals surface area contributed by atoms with Gasteiger partial charge in [-0.2, -0.15) is 0 Å². The second kappa shape index (κ2) is 10.9. The topological polar surface area (TPSA) is 35.5 Å². The lowest BCUT2D eigenvalue weighted by Crippen LogP contribution is -2.59. The molecular formula is C31H40NO2P. The summed E-state index contributed by atoms with van der Waals surface area (Å²) in [5.41, 5.74) is -0.776. The molecule has 4 heteroatoms. The second-order valence-corrected chi connectivity index (χ2v) is 14.7. The van der Waals surface area contributed by atoms with Crippen LogP contribution in [0.4, 0.5) is 0 Å². The van der Waals surface area contributed by atoms with Gasteiger partial charge in [0.2, 0.25) is 0 Å². The summed E-state index contributed by atoms with van der Waals surface area (Å²) in [6.45, 7) is 8.89. The quantitative estimate of drug-likeness (QED) is 0.262. The van der Waals surface area contributed by atoms with Crippen molar-refractivity contribution < 1.29 is 4.74 Å². The van der Waals surface area contributed by atoms with Crippen LogP contribution in [0.15, 0.2) is 91.0 Å². The van der Waals surface area contributed by atoms with E-state index in [2.05, 4.69) is 91.0 Å². The van der Waals surface area contributed by atoms with Crippen LogP contribution in [-0.2, 0) is 4.74 Å². The van der Waals surface area contributed by atoms with E-state index in [-0.39, 0.29) is 17.2 Å². The zero-order valence-electron chi connectivity index (χ0n) is 21.7. The number of ether oxygens (including phenoxy) is 1. The molecule has 1 saturated heterocycles. The summed E-state index contributed by atoms with van der Waals surface area (Å²) < 4.78 is 6.38. The van der Waals surface area contributed by atoms with E-state index in [1.807, 2.05) is 27.7 Å². The summed E-state index contributed by atoms with van der Waals surface area (Å²) in [7, 11) is -1.78. The number of piperidine rings is 1. The van der Waals surface area contributed by atoms with Crippen molar-refractivity contribution in [1.82, 2.24) is 5.06 Å². The fourth-order valence-corrected chi connectivity index (χ4v) is 10.3. The largest absolute Gasteiger partial charge is 0.784 e. The van der Waals surface area contributed by atoms with Gasteiger partial charge in [-0.1, -0.05) is 54.6 Å². The number of unbranched alkanes of at least 4 members (excludes halogenated alkanes) is 1. The van der Waals surface area contributed by atoms with Gasteiger partial charge in [0, 0.05) is 17.7 Å². The molecule has 35 heavy (non-hydrogen) atoms. The predicted octanol–water partition coefficient (Wildman–Crippen LogP) is 6.30. The molecule has 1 aliphatic heterocycles. The maximum absolute atomic E-state index is 12.7. The van der Waals surface area contributed by atoms with E-state index in [0.717, 1.165) is 38.5 Å². The highest BCUT2D eigenvalue weighted by Gasteiger charge is 2.44. The first-order chi connectivity index (χ1) is 16.8. The smallest absolute Gasteiger partial charge is 0.112 e. The molecule has 0 bridgehead atoms. The van der Waals surface area contributed by atoms with Crippen molar-refractivity contribution >= 4 is 23.2 Å². The minimum absolute atomic E-state index is 0.141. The fourth-order valence-electron chi connectivity index (χ4n) is 5.87. The minimum atomic E-state index is -1.78. The Morgan fingerprint density at radius 3 is 1.51 bits per heavy atom. The van der Waals surface area contributed by atoms with Gasteiger partial charge in [-0.25, -0.2) is 0 Å². The van der Waals surface area contributed by atoms with Crippen LogP contribution < -0.4 is 15.9 Å². The highest BCUT2D eigenvalue weighted by atomic mass is 31.2. The Morgan fingerprint density at radius 1 is 0.714 bits per heavy atom. The monoisotopic (exact) mass is 489 g/mol. The molecule has 3 aromatic carbocycles. The van der Waals surface area contributed by atoms with Gasteiger partial charge in [-0.15, -0.1) is 0 Å². The molecule has 0 amide bonds. The second-order valence-electron chi connectivity index (χ2n) is 11.1. The summed E-state index contributed by atoms with van der Waals surface area (Å²) in [4.78, 5) is 0. The molecular weight excluding hydrogens is 449 g/mol. The van der Waals surface area contributed by atoms with Gasteiger partial charge in [0.1, 0.15) is 23.2 Å². The Morgan fingerprint density at radius 2 is 1.11 bits per heavy atom. The third kappa shape index (κ3) is 5.70. The number of benzene rings is 3. The molecule has 1 fully saturated rings. The molecule has 4 rings (SSSR count). The van der Waals surface area contributed by atoms with Crippen LogP contribution in [0.1, 0.15) is 53.4 Å². The SMILES string of the molecule is CC1(C)CC(OCCCC[P+](c2ccccc2)(c2ccccc2)c2ccccc2)CC(C)(C)N1[O-]. The van der Waals surface area contributed by atoms with Crippen molar-refractivity contribution in [3.8, 4) is 0 Å². The average molecular weight is 490 g/mol. The molecule has 0 unspecified atom stereocenters. The first-order valence-electron chi connectivity index (χ1n) is 12.9. The van der Waals surface area contributed by atoms with E-state index in [0.29, 0.717) is 0 Å². The molecule has 1 aliphatic rings. The number of rotatable bonds is 9. The zero-order chi connectivity index (χ0) is 24.9. The van der Waals surface area contributed by atoms with Crippen molar-refractivity contribution in [1.29, 1.82) is 0 Å². The van der Waals surface area contributed by atoms with E-state index in [1.54, 1.807) is 0 Å². The van der Waals surface area contributed by atoms with Gasteiger partial charge in [-0.3, -0.25) is 0 Å². The molecule has 3 nitrogen and oxygen atoms in total. The summed E-state index contributed by atoms with van der Waals surface area (Å²) in [6, 6.07) is 33.2. The van der Waals surface area contributed by atoms with E-state index in [4.69, 9.17) is 4.74 Å². The van der Waals surface area contributed by atoms with E-state index < -0.39 is 7.26 Å². The molecule has 0 N–H and O–H groups in total. The zero-order valence-corrected chi connectivity index (χ0v) is 22.6. The van der Waals surface area contributed by atoms with E-state index >= 15 is 0 Å². The molecule has 0 aromatic heterocycles. The Kier molecular flexibility index (Phi) is 8.13. The van der Waals surface area contributed by atoms with E-state index in [9.17, 15) is 5.21 Å². The number of hydrogen-bond acceptors (Lipinski definition) is 3. The first-order valence-corrected chi connectivity index (χ1v) is 14.9. The van der Waals surface area contributed by atoms with Gasteiger partial charge < -0.3 is 15.0 Å². The van der Waals surface area contributed by atoms with Gasteiger partial charge in [0.25, 0.3) is 0 Å². The Balaban J connectivity index is 1.50. The first kappa shape index (κ1) is 26.0. The summed E-state index contributed by atoms with van der Waals surface area (Å²) >= 11 is 0. The number of nitrogens with zero attached hydrogens (tertiary/aromatic N) is 1. The maximum Gasteiger partial charge on any atom is 0.112 e. The van der Waals surface area contributed by atoms with Crippen molar-refractivity contribution in [3.05, 3.63) is 96.2 Å². The lowest BCUT2D eigenvalue weighted by atomic mass is 9.80. The predicted molar refractivity (Wildman–Crippen MR) is 152 cm³/mol. The molecule has 0 radical (unpaired) electrons. The highest BCUT2D eigenvalue weighted by molar-refractivity contribution is 7.95. The average Bonchev–Trinajstić information content (AvgIpc) is 2.86.